The van der Waals surface area contributed by atoms with Crippen LogP contribution in [0.15, 0.2) is 24.3 Å². The maximum absolute atomic E-state index is 12.9. The van der Waals surface area contributed by atoms with Crippen LogP contribution in [0.3, 0.4) is 0 Å². The zero-order valence-corrected chi connectivity index (χ0v) is 14.3. The molecule has 2 rings (SSSR count). The van der Waals surface area contributed by atoms with Crippen LogP contribution in [0.4, 0.5) is 0 Å². The highest BCUT2D eigenvalue weighted by Gasteiger charge is 2.38. The molecule has 2 unspecified atom stereocenters. The normalized spacial score (nSPS) is 21.0. The Hall–Kier alpha value is -1.11. The molecule has 1 aliphatic rings. The third-order valence-corrected chi connectivity index (χ3v) is 6.61. The quantitative estimate of drug-likeness (QED) is 0.772. The summed E-state index contributed by atoms with van der Waals surface area (Å²) in [7, 11) is -0.126. The van der Waals surface area contributed by atoms with Gasteiger partial charge in [-0.15, -0.1) is 0 Å². The molecule has 124 valence electrons. The van der Waals surface area contributed by atoms with Crippen LogP contribution in [0, 0.1) is 0 Å². The predicted molar refractivity (Wildman–Crippen MR) is 86.5 cm³/mol. The number of hydrogen-bond donors (Lipinski definition) is 0. The highest BCUT2D eigenvalue weighted by molar-refractivity contribution is 7.89. The molecule has 1 aliphatic heterocycles. The summed E-state index contributed by atoms with van der Waals surface area (Å²) >= 11 is 0. The van der Waals surface area contributed by atoms with Gasteiger partial charge in [-0.1, -0.05) is 18.2 Å². The summed E-state index contributed by atoms with van der Waals surface area (Å²) in [4.78, 5) is 0. The van der Waals surface area contributed by atoms with Crippen LogP contribution >= 0.6 is 0 Å². The molecule has 0 spiro atoms. The van der Waals surface area contributed by atoms with Crippen LogP contribution in [-0.4, -0.2) is 45.3 Å². The third-order valence-electron chi connectivity index (χ3n) is 4.27. The average Bonchev–Trinajstić information content (AvgIpc) is 3.02. The number of ether oxygens (including phenoxy) is 2. The van der Waals surface area contributed by atoms with Crippen molar-refractivity contribution >= 4 is 10.0 Å². The molecule has 1 fully saturated rings. The van der Waals surface area contributed by atoms with E-state index < -0.39 is 15.3 Å². The zero-order chi connectivity index (χ0) is 16.2. The van der Waals surface area contributed by atoms with Crippen molar-refractivity contribution in [3.63, 3.8) is 0 Å². The van der Waals surface area contributed by atoms with Gasteiger partial charge in [-0.3, -0.25) is 0 Å². The second-order valence-electron chi connectivity index (χ2n) is 5.65. The van der Waals surface area contributed by atoms with Gasteiger partial charge >= 0.3 is 0 Å². The first-order valence-electron chi connectivity index (χ1n) is 7.65. The van der Waals surface area contributed by atoms with Crippen LogP contribution in [-0.2, 0) is 14.8 Å². The minimum Gasteiger partial charge on any atom is -0.496 e. The molecule has 0 radical (unpaired) electrons. The minimum absolute atomic E-state index is 0.133. The molecule has 0 saturated carbocycles. The molecule has 0 bridgehead atoms. The van der Waals surface area contributed by atoms with E-state index in [4.69, 9.17) is 9.47 Å². The maximum atomic E-state index is 12.9. The van der Waals surface area contributed by atoms with E-state index in [-0.39, 0.29) is 6.04 Å². The highest BCUT2D eigenvalue weighted by Crippen LogP contribution is 2.39. The summed E-state index contributed by atoms with van der Waals surface area (Å²) in [6.45, 7) is 2.78. The first-order chi connectivity index (χ1) is 10.5. The van der Waals surface area contributed by atoms with Gasteiger partial charge in [-0.05, 0) is 32.3 Å². The number of benzene rings is 1. The Bertz CT molecular complexity index is 588. The van der Waals surface area contributed by atoms with E-state index in [0.717, 1.165) is 24.2 Å². The second kappa shape index (κ2) is 7.44. The highest BCUT2D eigenvalue weighted by atomic mass is 32.2. The average molecular weight is 327 g/mol. The fourth-order valence-corrected chi connectivity index (χ4v) is 4.77. The van der Waals surface area contributed by atoms with E-state index in [1.165, 1.54) is 0 Å². The lowest BCUT2D eigenvalue weighted by molar-refractivity contribution is 0.193. The van der Waals surface area contributed by atoms with Gasteiger partial charge in [0, 0.05) is 25.8 Å². The fourth-order valence-electron chi connectivity index (χ4n) is 2.96. The molecule has 0 aliphatic carbocycles. The van der Waals surface area contributed by atoms with Gasteiger partial charge in [0.25, 0.3) is 0 Å². The number of rotatable bonds is 7. The van der Waals surface area contributed by atoms with Gasteiger partial charge in [-0.2, -0.15) is 4.31 Å². The zero-order valence-electron chi connectivity index (χ0n) is 13.5. The van der Waals surface area contributed by atoms with Crippen molar-refractivity contribution < 1.29 is 17.9 Å². The lowest BCUT2D eigenvalue weighted by Gasteiger charge is -2.28. The van der Waals surface area contributed by atoms with Gasteiger partial charge < -0.3 is 9.47 Å². The van der Waals surface area contributed by atoms with Gasteiger partial charge in [0.05, 0.1) is 18.4 Å². The third kappa shape index (κ3) is 3.45. The van der Waals surface area contributed by atoms with Gasteiger partial charge in [-0.25, -0.2) is 8.42 Å². The molecule has 0 aromatic heterocycles. The van der Waals surface area contributed by atoms with Crippen LogP contribution in [0.2, 0.25) is 0 Å². The molecule has 1 saturated heterocycles. The van der Waals surface area contributed by atoms with Crippen LogP contribution in [0.5, 0.6) is 5.75 Å². The Kier molecular flexibility index (Phi) is 5.83. The topological polar surface area (TPSA) is 55.8 Å². The summed E-state index contributed by atoms with van der Waals surface area (Å²) in [6.07, 6.45) is 2.21. The Morgan fingerprint density at radius 2 is 2.05 bits per heavy atom. The maximum Gasteiger partial charge on any atom is 0.217 e. The van der Waals surface area contributed by atoms with Crippen LogP contribution < -0.4 is 4.74 Å². The van der Waals surface area contributed by atoms with E-state index in [9.17, 15) is 8.42 Å². The molecule has 6 heteroatoms. The monoisotopic (exact) mass is 327 g/mol. The van der Waals surface area contributed by atoms with E-state index in [1.807, 2.05) is 24.3 Å². The number of nitrogens with zero attached hydrogens (tertiary/aromatic N) is 1. The van der Waals surface area contributed by atoms with Gasteiger partial charge in [0.1, 0.15) is 5.75 Å². The molecule has 5 nitrogen and oxygen atoms in total. The van der Waals surface area contributed by atoms with E-state index in [1.54, 1.807) is 25.4 Å². The van der Waals surface area contributed by atoms with Crippen molar-refractivity contribution in [1.29, 1.82) is 0 Å². The Morgan fingerprint density at radius 3 is 2.73 bits per heavy atom. The number of para-hydroxylation sites is 1. The molecular formula is C16H25NO4S. The molecule has 0 amide bonds. The van der Waals surface area contributed by atoms with Crippen LogP contribution in [0.1, 0.15) is 37.8 Å². The van der Waals surface area contributed by atoms with Crippen molar-refractivity contribution in [3.05, 3.63) is 29.8 Å². The lowest BCUT2D eigenvalue weighted by Crippen LogP contribution is -2.37. The fraction of sp³-hybridized carbons (Fsp3) is 0.625. The molecule has 1 heterocycles. The van der Waals surface area contributed by atoms with Crippen LogP contribution in [0.25, 0.3) is 0 Å². The number of hydrogen-bond acceptors (Lipinski definition) is 4. The molecule has 1 aromatic rings. The molecular weight excluding hydrogens is 302 g/mol. The summed E-state index contributed by atoms with van der Waals surface area (Å²) in [5, 5.41) is -0.442. The van der Waals surface area contributed by atoms with Crippen molar-refractivity contribution in [3.8, 4) is 5.75 Å². The summed E-state index contributed by atoms with van der Waals surface area (Å²) < 4.78 is 37.8. The van der Waals surface area contributed by atoms with Gasteiger partial charge in [0.15, 0.2) is 0 Å². The second-order valence-corrected chi connectivity index (χ2v) is 7.95. The standard InChI is InChI=1S/C16H25NO4S/c1-13(10-12-20-2)22(18,19)17-11-6-8-15(17)14-7-4-5-9-16(14)21-3/h4-5,7,9,13,15H,6,8,10-12H2,1-3H3. The van der Waals surface area contributed by atoms with E-state index >= 15 is 0 Å². The number of methoxy groups -OCH3 is 2. The first-order valence-corrected chi connectivity index (χ1v) is 9.15. The van der Waals surface area contributed by atoms with E-state index in [2.05, 4.69) is 0 Å². The minimum atomic E-state index is -3.34. The van der Waals surface area contributed by atoms with Crippen molar-refractivity contribution in [1.82, 2.24) is 4.31 Å². The summed E-state index contributed by atoms with van der Waals surface area (Å²) in [6, 6.07) is 7.53. The Labute approximate surface area is 133 Å². The lowest BCUT2D eigenvalue weighted by atomic mass is 10.0. The largest absolute Gasteiger partial charge is 0.496 e. The molecule has 2 atom stereocenters. The number of sulfonamides is 1. The van der Waals surface area contributed by atoms with Gasteiger partial charge in [0.2, 0.25) is 10.0 Å². The molecule has 0 N–H and O–H groups in total. The molecule has 1 aromatic carbocycles. The van der Waals surface area contributed by atoms with Crippen molar-refractivity contribution in [2.24, 2.45) is 0 Å². The SMILES string of the molecule is COCCC(C)S(=O)(=O)N1CCCC1c1ccccc1OC. The first kappa shape index (κ1) is 17.2. The van der Waals surface area contributed by atoms with Crippen molar-refractivity contribution in [2.45, 2.75) is 37.5 Å². The Morgan fingerprint density at radius 1 is 1.32 bits per heavy atom. The van der Waals surface area contributed by atoms with E-state index in [0.29, 0.717) is 19.6 Å². The summed E-state index contributed by atoms with van der Waals surface area (Å²) in [5.41, 5.74) is 0.949. The van der Waals surface area contributed by atoms with Crippen molar-refractivity contribution in [2.75, 3.05) is 27.4 Å². The predicted octanol–water partition coefficient (Wildman–Crippen LogP) is 2.59. The smallest absolute Gasteiger partial charge is 0.217 e. The Balaban J connectivity index is 2.27. The molecule has 22 heavy (non-hydrogen) atoms. The summed E-state index contributed by atoms with van der Waals surface area (Å²) in [5.74, 6) is 0.749.